The first-order chi connectivity index (χ1) is 13.0. The summed E-state index contributed by atoms with van der Waals surface area (Å²) in [6.45, 7) is 2.11. The van der Waals surface area contributed by atoms with E-state index in [2.05, 4.69) is 9.97 Å². The minimum Gasteiger partial charge on any atom is -0.493 e. The SMILES string of the molecule is COc1ccc(-n2c(C)nc(N(N)Cc3ccccc3)nc2=O)cc1OC. The molecule has 0 atom stereocenters. The molecule has 0 spiro atoms. The van der Waals surface area contributed by atoms with Crippen molar-refractivity contribution in [1.82, 2.24) is 14.5 Å². The summed E-state index contributed by atoms with van der Waals surface area (Å²) in [6.07, 6.45) is 0. The second kappa shape index (κ2) is 7.88. The maximum absolute atomic E-state index is 12.6. The Hall–Kier alpha value is -3.39. The van der Waals surface area contributed by atoms with Gasteiger partial charge in [-0.25, -0.2) is 15.2 Å². The largest absolute Gasteiger partial charge is 0.493 e. The third-order valence-electron chi connectivity index (χ3n) is 4.05. The fourth-order valence-corrected chi connectivity index (χ4v) is 2.73. The maximum atomic E-state index is 12.6. The molecular weight excluding hydrogens is 346 g/mol. The monoisotopic (exact) mass is 367 g/mol. The molecule has 1 aromatic heterocycles. The summed E-state index contributed by atoms with van der Waals surface area (Å²) in [4.78, 5) is 21.0. The summed E-state index contributed by atoms with van der Waals surface area (Å²) in [6, 6.07) is 14.8. The van der Waals surface area contributed by atoms with Gasteiger partial charge in [-0.05, 0) is 24.6 Å². The van der Waals surface area contributed by atoms with Crippen LogP contribution in [0.5, 0.6) is 11.5 Å². The molecule has 0 bridgehead atoms. The summed E-state index contributed by atoms with van der Waals surface area (Å²) >= 11 is 0. The molecular formula is C19H21N5O3. The number of hydrogen-bond acceptors (Lipinski definition) is 7. The predicted molar refractivity (Wildman–Crippen MR) is 102 cm³/mol. The van der Waals surface area contributed by atoms with E-state index in [4.69, 9.17) is 15.3 Å². The van der Waals surface area contributed by atoms with Crippen LogP contribution in [0.15, 0.2) is 53.3 Å². The van der Waals surface area contributed by atoms with Crippen molar-refractivity contribution in [2.45, 2.75) is 13.5 Å². The lowest BCUT2D eigenvalue weighted by molar-refractivity contribution is 0.355. The van der Waals surface area contributed by atoms with E-state index in [1.54, 1.807) is 32.2 Å². The normalized spacial score (nSPS) is 10.5. The van der Waals surface area contributed by atoms with Crippen LogP contribution in [0, 0.1) is 6.92 Å². The molecule has 0 aliphatic carbocycles. The van der Waals surface area contributed by atoms with Gasteiger partial charge in [0.25, 0.3) is 0 Å². The minimum absolute atomic E-state index is 0.165. The van der Waals surface area contributed by atoms with Crippen molar-refractivity contribution in [3.05, 3.63) is 70.4 Å². The van der Waals surface area contributed by atoms with Crippen molar-refractivity contribution in [2.24, 2.45) is 5.84 Å². The number of nitrogens with two attached hydrogens (primary N) is 1. The number of aryl methyl sites for hydroxylation is 1. The van der Waals surface area contributed by atoms with Crippen LogP contribution in [-0.2, 0) is 6.54 Å². The smallest absolute Gasteiger partial charge is 0.356 e. The van der Waals surface area contributed by atoms with E-state index < -0.39 is 5.69 Å². The van der Waals surface area contributed by atoms with Crippen LogP contribution < -0.4 is 26.0 Å². The first-order valence-corrected chi connectivity index (χ1v) is 8.29. The second-order valence-corrected chi connectivity index (χ2v) is 5.84. The number of ether oxygens (including phenoxy) is 2. The summed E-state index contributed by atoms with van der Waals surface area (Å²) < 4.78 is 11.9. The number of methoxy groups -OCH3 is 2. The lowest BCUT2D eigenvalue weighted by Crippen LogP contribution is -2.36. The van der Waals surface area contributed by atoms with E-state index in [0.717, 1.165) is 5.56 Å². The zero-order chi connectivity index (χ0) is 19.4. The molecule has 0 unspecified atom stereocenters. The maximum Gasteiger partial charge on any atom is 0.356 e. The lowest BCUT2D eigenvalue weighted by Gasteiger charge is -2.18. The molecule has 8 heteroatoms. The standard InChI is InChI=1S/C19H21N5O3/c1-13-21-18(23(20)12-14-7-5-4-6-8-14)22-19(25)24(13)15-9-10-16(26-2)17(11-15)27-3/h4-11H,12,20H2,1-3H3. The minimum atomic E-state index is -0.478. The van der Waals surface area contributed by atoms with E-state index in [1.165, 1.54) is 16.7 Å². The Kier molecular flexibility index (Phi) is 5.37. The van der Waals surface area contributed by atoms with Crippen molar-refractivity contribution in [1.29, 1.82) is 0 Å². The lowest BCUT2D eigenvalue weighted by atomic mass is 10.2. The topological polar surface area (TPSA) is 95.5 Å². The van der Waals surface area contributed by atoms with Gasteiger partial charge in [0.15, 0.2) is 11.5 Å². The molecule has 140 valence electrons. The molecule has 0 saturated heterocycles. The average Bonchev–Trinajstić information content (AvgIpc) is 2.68. The molecule has 8 nitrogen and oxygen atoms in total. The molecule has 2 N–H and O–H groups in total. The number of nitrogens with zero attached hydrogens (tertiary/aromatic N) is 4. The predicted octanol–water partition coefficient (Wildman–Crippen LogP) is 1.83. The van der Waals surface area contributed by atoms with Crippen molar-refractivity contribution in [3.63, 3.8) is 0 Å². The van der Waals surface area contributed by atoms with E-state index in [9.17, 15) is 4.79 Å². The highest BCUT2D eigenvalue weighted by Gasteiger charge is 2.14. The third-order valence-corrected chi connectivity index (χ3v) is 4.05. The third kappa shape index (κ3) is 3.90. The van der Waals surface area contributed by atoms with Crippen LogP contribution in [0.25, 0.3) is 5.69 Å². The van der Waals surface area contributed by atoms with Gasteiger partial charge in [-0.1, -0.05) is 30.3 Å². The Labute approximate surface area is 156 Å². The van der Waals surface area contributed by atoms with Crippen LogP contribution >= 0.6 is 0 Å². The average molecular weight is 367 g/mol. The van der Waals surface area contributed by atoms with Crippen LogP contribution in [0.2, 0.25) is 0 Å². The number of hydrogen-bond donors (Lipinski definition) is 1. The quantitative estimate of drug-likeness (QED) is 0.524. The molecule has 3 aromatic rings. The molecule has 2 aromatic carbocycles. The van der Waals surface area contributed by atoms with Crippen LogP contribution in [0.3, 0.4) is 0 Å². The van der Waals surface area contributed by atoms with Crippen molar-refractivity contribution in [3.8, 4) is 17.2 Å². The Morgan fingerprint density at radius 1 is 1.04 bits per heavy atom. The van der Waals surface area contributed by atoms with Gasteiger partial charge in [0.1, 0.15) is 5.82 Å². The van der Waals surface area contributed by atoms with Gasteiger partial charge >= 0.3 is 5.69 Å². The molecule has 0 saturated carbocycles. The van der Waals surface area contributed by atoms with Gasteiger partial charge in [0, 0.05) is 6.07 Å². The van der Waals surface area contributed by atoms with Crippen LogP contribution in [0.4, 0.5) is 5.95 Å². The molecule has 3 rings (SSSR count). The molecule has 0 radical (unpaired) electrons. The number of benzene rings is 2. The molecule has 1 heterocycles. The number of aromatic nitrogens is 3. The highest BCUT2D eigenvalue weighted by molar-refractivity contribution is 5.49. The van der Waals surface area contributed by atoms with E-state index in [-0.39, 0.29) is 5.95 Å². The Bertz CT molecular complexity index is 988. The van der Waals surface area contributed by atoms with Crippen molar-refractivity contribution < 1.29 is 9.47 Å². The Morgan fingerprint density at radius 3 is 2.37 bits per heavy atom. The summed E-state index contributed by atoms with van der Waals surface area (Å²) in [5.74, 6) is 7.76. The summed E-state index contributed by atoms with van der Waals surface area (Å²) in [5, 5.41) is 1.35. The number of anilines is 1. The summed E-state index contributed by atoms with van der Waals surface area (Å²) in [7, 11) is 3.09. The molecule has 0 aliphatic rings. The van der Waals surface area contributed by atoms with Gasteiger partial charge in [-0.15, -0.1) is 0 Å². The Balaban J connectivity index is 1.95. The molecule has 0 amide bonds. The fourth-order valence-electron chi connectivity index (χ4n) is 2.73. The van der Waals surface area contributed by atoms with E-state index in [1.807, 2.05) is 30.3 Å². The van der Waals surface area contributed by atoms with Crippen LogP contribution in [-0.4, -0.2) is 28.8 Å². The Morgan fingerprint density at radius 2 is 1.74 bits per heavy atom. The second-order valence-electron chi connectivity index (χ2n) is 5.84. The first-order valence-electron chi connectivity index (χ1n) is 8.29. The van der Waals surface area contributed by atoms with Crippen molar-refractivity contribution in [2.75, 3.05) is 19.2 Å². The van der Waals surface area contributed by atoms with Gasteiger partial charge < -0.3 is 9.47 Å². The molecule has 27 heavy (non-hydrogen) atoms. The van der Waals surface area contributed by atoms with Gasteiger partial charge in [0.05, 0.1) is 26.5 Å². The zero-order valence-corrected chi connectivity index (χ0v) is 15.4. The highest BCUT2D eigenvalue weighted by Crippen LogP contribution is 2.28. The zero-order valence-electron chi connectivity index (χ0n) is 15.4. The van der Waals surface area contributed by atoms with E-state index >= 15 is 0 Å². The van der Waals surface area contributed by atoms with Gasteiger partial charge in [-0.3, -0.25) is 5.01 Å². The highest BCUT2D eigenvalue weighted by atomic mass is 16.5. The van der Waals surface area contributed by atoms with Crippen molar-refractivity contribution >= 4 is 5.95 Å². The summed E-state index contributed by atoms with van der Waals surface area (Å²) in [5.41, 5.74) is 1.09. The van der Waals surface area contributed by atoms with Gasteiger partial charge in [-0.2, -0.15) is 9.97 Å². The number of hydrazine groups is 1. The fraction of sp³-hybridized carbons (Fsp3) is 0.211. The van der Waals surface area contributed by atoms with Crippen LogP contribution in [0.1, 0.15) is 11.4 Å². The van der Waals surface area contributed by atoms with E-state index in [0.29, 0.717) is 29.6 Å². The van der Waals surface area contributed by atoms with Gasteiger partial charge in [0.2, 0.25) is 5.95 Å². The number of rotatable bonds is 6. The first kappa shape index (κ1) is 18.4. The molecule has 0 fully saturated rings. The molecule has 0 aliphatic heterocycles.